The topological polar surface area (TPSA) is 104 Å². The summed E-state index contributed by atoms with van der Waals surface area (Å²) < 4.78 is 24.1. The van der Waals surface area contributed by atoms with Crippen molar-refractivity contribution in [3.8, 4) is 5.75 Å². The van der Waals surface area contributed by atoms with Gasteiger partial charge in [0, 0.05) is 11.0 Å². The molecule has 0 spiro atoms. The molecule has 2 N–H and O–H groups in total. The average Bonchev–Trinajstić information content (AvgIpc) is 2.28. The first-order valence-electron chi connectivity index (χ1n) is 4.29. The molecule has 6 nitrogen and oxygen atoms in total. The van der Waals surface area contributed by atoms with Crippen LogP contribution in [0.3, 0.4) is 0 Å². The molecular formula is C10H7MnNO5S. The van der Waals surface area contributed by atoms with Crippen molar-refractivity contribution in [2.45, 2.75) is 0 Å². The average molecular weight is 308 g/mol. The number of hydrogen-bond donors (Lipinski definition) is 2. The number of benzene rings is 2. The largest absolute Gasteiger partial charge is 2.00 e. The van der Waals surface area contributed by atoms with Crippen molar-refractivity contribution in [2.24, 2.45) is 5.18 Å². The van der Waals surface area contributed by atoms with Crippen LogP contribution in [0.2, 0.25) is 0 Å². The molecule has 0 aliphatic rings. The van der Waals surface area contributed by atoms with E-state index < -0.39 is 11.0 Å². The van der Waals surface area contributed by atoms with Gasteiger partial charge < -0.3 is 18.1 Å². The number of phenolic OH excluding ortho intramolecular Hbond substituents is 1. The molecule has 95 valence electrons. The number of fused-ring (bicyclic) bond motifs is 1. The monoisotopic (exact) mass is 308 g/mol. The van der Waals surface area contributed by atoms with E-state index in [1.165, 1.54) is 6.07 Å². The third-order valence-corrected chi connectivity index (χ3v) is 1.91. The van der Waals surface area contributed by atoms with Crippen LogP contribution in [0, 0.1) is 11.0 Å². The summed E-state index contributed by atoms with van der Waals surface area (Å²) in [6, 6.07) is 11.2. The molecule has 2 aromatic rings. The van der Waals surface area contributed by atoms with Crippen molar-refractivity contribution < 1.29 is 35.1 Å². The second-order valence-corrected chi connectivity index (χ2v) is 3.32. The van der Waals surface area contributed by atoms with Crippen LogP contribution in [0.25, 0.3) is 10.8 Å². The smallest absolute Gasteiger partial charge is 0.506 e. The Morgan fingerprint density at radius 3 is 2.39 bits per heavy atom. The Hall–Kier alpha value is -1.47. The van der Waals surface area contributed by atoms with Crippen molar-refractivity contribution in [1.82, 2.24) is 0 Å². The van der Waals surface area contributed by atoms with E-state index in [1.807, 2.05) is 0 Å². The minimum absolute atomic E-state index is 0. The van der Waals surface area contributed by atoms with E-state index in [4.69, 9.17) is 13.0 Å². The maximum Gasteiger partial charge on any atom is 2.00 e. The van der Waals surface area contributed by atoms with Gasteiger partial charge in [-0.05, 0) is 11.2 Å². The fraction of sp³-hybridized carbons (Fsp3) is 0. The van der Waals surface area contributed by atoms with Crippen LogP contribution in [0.15, 0.2) is 35.5 Å². The first-order chi connectivity index (χ1) is 8.06. The Labute approximate surface area is 115 Å². The first kappa shape index (κ1) is 16.5. The van der Waals surface area contributed by atoms with Crippen LogP contribution in [0.4, 0.5) is 5.69 Å². The van der Waals surface area contributed by atoms with Crippen molar-refractivity contribution in [3.63, 3.8) is 0 Å². The first-order valence-corrected chi connectivity index (χ1v) is 5.33. The number of nitrogens with zero attached hydrogens (tertiary/aromatic N) is 1. The summed E-state index contributed by atoms with van der Waals surface area (Å²) in [6.45, 7) is 0. The van der Waals surface area contributed by atoms with Crippen LogP contribution in [0.1, 0.15) is 0 Å². The summed E-state index contributed by atoms with van der Waals surface area (Å²) in [7, 11) is -2.86. The van der Waals surface area contributed by atoms with E-state index in [2.05, 4.69) is 11.2 Å². The van der Waals surface area contributed by atoms with Gasteiger partial charge in [-0.25, -0.2) is 0 Å². The molecule has 2 rings (SSSR count). The summed E-state index contributed by atoms with van der Waals surface area (Å²) in [5.74, 6) is -0.0892. The van der Waals surface area contributed by atoms with Gasteiger partial charge in [0.1, 0.15) is 11.4 Å². The molecule has 0 aliphatic carbocycles. The van der Waals surface area contributed by atoms with Crippen LogP contribution in [-0.4, -0.2) is 9.66 Å². The van der Waals surface area contributed by atoms with E-state index >= 15 is 0 Å². The van der Waals surface area contributed by atoms with E-state index in [0.29, 0.717) is 5.39 Å². The molecule has 0 fully saturated rings. The fourth-order valence-corrected chi connectivity index (χ4v) is 1.28. The summed E-state index contributed by atoms with van der Waals surface area (Å²) in [5, 5.41) is 13.6. The predicted molar refractivity (Wildman–Crippen MR) is 61.3 cm³/mol. The molecule has 0 atom stereocenters. The fourth-order valence-electron chi connectivity index (χ4n) is 1.28. The zero-order valence-corrected chi connectivity index (χ0v) is 10.7. The summed E-state index contributed by atoms with van der Waals surface area (Å²) in [5.41, 5.74) is 0.0894. The molecule has 0 saturated heterocycles. The second kappa shape index (κ2) is 7.78. The molecule has 0 heterocycles. The SMILES string of the molecule is O=Nc1c(O)ccc2c[c-]ccc12.O=[S-](=O)O.[Mn+2]. The van der Waals surface area contributed by atoms with Crippen LogP contribution in [-0.2, 0) is 36.5 Å². The van der Waals surface area contributed by atoms with E-state index in [-0.39, 0.29) is 28.5 Å². The third kappa shape index (κ3) is 4.42. The Kier molecular flexibility index (Phi) is 7.14. The van der Waals surface area contributed by atoms with Crippen molar-refractivity contribution in [2.75, 3.05) is 0 Å². The molecule has 0 aliphatic heterocycles. The van der Waals surface area contributed by atoms with Crippen LogP contribution >= 0.6 is 0 Å². The number of hydrogen-bond acceptors (Lipinski definition) is 6. The predicted octanol–water partition coefficient (Wildman–Crippen LogP) is 2.51. The van der Waals surface area contributed by atoms with Crippen molar-refractivity contribution in [3.05, 3.63) is 41.3 Å². The van der Waals surface area contributed by atoms with Gasteiger partial charge in [-0.2, -0.15) is 24.3 Å². The second-order valence-electron chi connectivity index (χ2n) is 2.89. The Morgan fingerprint density at radius 1 is 1.22 bits per heavy atom. The van der Waals surface area contributed by atoms with Gasteiger partial charge >= 0.3 is 17.1 Å². The number of aromatic hydroxyl groups is 1. The molecule has 2 aromatic carbocycles. The van der Waals surface area contributed by atoms with Gasteiger partial charge in [-0.3, -0.25) is 0 Å². The molecule has 8 heteroatoms. The van der Waals surface area contributed by atoms with E-state index in [1.54, 1.807) is 24.3 Å². The Morgan fingerprint density at radius 2 is 1.83 bits per heavy atom. The number of rotatable bonds is 1. The van der Waals surface area contributed by atoms with Crippen LogP contribution < -0.4 is 0 Å². The van der Waals surface area contributed by atoms with Gasteiger partial charge in [0.05, 0.1) is 0 Å². The summed E-state index contributed by atoms with van der Waals surface area (Å²) in [4.78, 5) is 10.4. The molecular weight excluding hydrogens is 301 g/mol. The normalized spacial score (nSPS) is 9.22. The maximum absolute atomic E-state index is 10.4. The van der Waals surface area contributed by atoms with Crippen molar-refractivity contribution >= 4 is 27.4 Å². The molecule has 1 radical (unpaired) electrons. The number of nitroso groups, excluding NO2 is 1. The van der Waals surface area contributed by atoms with Gasteiger partial charge in [0.2, 0.25) is 0 Å². The molecule has 0 amide bonds. The molecule has 0 aromatic heterocycles. The Bertz CT molecular complexity index is 606. The zero-order valence-electron chi connectivity index (χ0n) is 8.74. The van der Waals surface area contributed by atoms with E-state index in [9.17, 15) is 10.0 Å². The molecule has 0 bridgehead atoms. The summed E-state index contributed by atoms with van der Waals surface area (Å²) in [6.07, 6.45) is 0. The minimum Gasteiger partial charge on any atom is -0.506 e. The van der Waals surface area contributed by atoms with Gasteiger partial charge in [-0.1, -0.05) is 5.39 Å². The summed E-state index contributed by atoms with van der Waals surface area (Å²) >= 11 is 0. The Balaban J connectivity index is 0.000000512. The van der Waals surface area contributed by atoms with Crippen LogP contribution in [0.5, 0.6) is 5.75 Å². The molecule has 0 saturated carbocycles. The maximum atomic E-state index is 10.4. The third-order valence-electron chi connectivity index (χ3n) is 1.91. The standard InChI is InChI=1S/C10H6NO2.Mn.HO3S/c12-9-6-5-7-3-1-2-4-8(7)10(9)11-13;;1-4(2)3/h2-6,12H;;(H,1,2,3)/q-1;+2;-1. The van der Waals surface area contributed by atoms with Crippen molar-refractivity contribution in [1.29, 1.82) is 0 Å². The van der Waals surface area contributed by atoms with E-state index in [0.717, 1.165) is 5.39 Å². The minimum atomic E-state index is -2.86. The van der Waals surface area contributed by atoms with Gasteiger partial charge in [0.15, 0.2) is 0 Å². The zero-order chi connectivity index (χ0) is 12.8. The number of phenols is 1. The van der Waals surface area contributed by atoms with Gasteiger partial charge in [-0.15, -0.1) is 16.4 Å². The molecule has 18 heavy (non-hydrogen) atoms. The quantitative estimate of drug-likeness (QED) is 0.210. The molecule has 0 unspecified atom stereocenters. The van der Waals surface area contributed by atoms with Gasteiger partial charge in [0.25, 0.3) is 0 Å².